The molecule has 1 fully saturated rings. The number of benzene rings is 2. The molecule has 1 aliphatic heterocycles. The van der Waals surface area contributed by atoms with Crippen molar-refractivity contribution in [2.24, 2.45) is 0 Å². The predicted octanol–water partition coefficient (Wildman–Crippen LogP) is 2.36. The van der Waals surface area contributed by atoms with E-state index in [-0.39, 0.29) is 30.4 Å². The summed E-state index contributed by atoms with van der Waals surface area (Å²) in [5.41, 5.74) is 5.78. The number of nitrogens with two attached hydrogens (primary N) is 1. The number of nitrogens with zero attached hydrogens (tertiary/aromatic N) is 1. The summed E-state index contributed by atoms with van der Waals surface area (Å²) in [6.45, 7) is 0. The molecule has 0 radical (unpaired) electrons. The van der Waals surface area contributed by atoms with Crippen molar-refractivity contribution in [3.8, 4) is 0 Å². The van der Waals surface area contributed by atoms with Gasteiger partial charge in [0.1, 0.15) is 11.5 Å². The van der Waals surface area contributed by atoms with Crippen LogP contribution in [0, 0.1) is 11.6 Å². The van der Waals surface area contributed by atoms with Gasteiger partial charge in [0, 0.05) is 19.3 Å². The van der Waals surface area contributed by atoms with Crippen molar-refractivity contribution in [3.63, 3.8) is 0 Å². The fraction of sp³-hybridized carbons (Fsp3) is 0.167. The van der Waals surface area contributed by atoms with Crippen molar-refractivity contribution in [1.29, 1.82) is 0 Å². The summed E-state index contributed by atoms with van der Waals surface area (Å²) in [6, 6.07) is 8.35. The average Bonchev–Trinajstić information content (AvgIpc) is 2.94. The molecule has 2 aromatic carbocycles. The van der Waals surface area contributed by atoms with E-state index < -0.39 is 35.1 Å². The number of hydroxylamine groups is 2. The molecule has 1 heterocycles. The Labute approximate surface area is 147 Å². The van der Waals surface area contributed by atoms with Crippen LogP contribution >= 0.6 is 0 Å². The second kappa shape index (κ2) is 6.91. The van der Waals surface area contributed by atoms with E-state index in [0.29, 0.717) is 10.6 Å². The summed E-state index contributed by atoms with van der Waals surface area (Å²) in [6.07, 6.45) is 0.170. The van der Waals surface area contributed by atoms with Crippen LogP contribution in [0.2, 0.25) is 0 Å². The number of rotatable bonds is 4. The number of carbonyl (C=O) groups excluding carboxylic acids is 3. The fourth-order valence-corrected chi connectivity index (χ4v) is 2.52. The largest absolute Gasteiger partial charge is 0.394 e. The van der Waals surface area contributed by atoms with Gasteiger partial charge in [-0.25, -0.2) is 13.6 Å². The molecule has 2 aromatic rings. The fourth-order valence-electron chi connectivity index (χ4n) is 2.52. The summed E-state index contributed by atoms with van der Waals surface area (Å²) >= 11 is 0. The third kappa shape index (κ3) is 3.39. The van der Waals surface area contributed by atoms with Crippen molar-refractivity contribution in [3.05, 3.63) is 64.7 Å². The highest BCUT2D eigenvalue weighted by atomic mass is 19.1. The zero-order chi connectivity index (χ0) is 18.8. The summed E-state index contributed by atoms with van der Waals surface area (Å²) in [5.74, 6) is -3.62. The summed E-state index contributed by atoms with van der Waals surface area (Å²) in [5, 5.41) is 0.465. The lowest BCUT2D eigenvalue weighted by atomic mass is 10.0. The first-order valence-corrected chi connectivity index (χ1v) is 7.76. The van der Waals surface area contributed by atoms with Gasteiger partial charge in [0.2, 0.25) is 0 Å². The molecule has 0 aromatic heterocycles. The van der Waals surface area contributed by atoms with Crippen LogP contribution in [-0.2, 0) is 20.8 Å². The smallest absolute Gasteiger partial charge is 0.363 e. The molecular formula is C18H14F2N2O4. The van der Waals surface area contributed by atoms with Crippen molar-refractivity contribution in [2.75, 3.05) is 5.73 Å². The van der Waals surface area contributed by atoms with Gasteiger partial charge in [0.25, 0.3) is 11.8 Å². The lowest BCUT2D eigenvalue weighted by Gasteiger charge is -2.12. The van der Waals surface area contributed by atoms with Gasteiger partial charge in [-0.2, -0.15) is 0 Å². The van der Waals surface area contributed by atoms with Crippen molar-refractivity contribution in [2.45, 2.75) is 19.3 Å². The van der Waals surface area contributed by atoms with Crippen LogP contribution in [-0.4, -0.2) is 22.8 Å². The van der Waals surface area contributed by atoms with Crippen LogP contribution in [0.4, 0.5) is 14.5 Å². The molecule has 2 amide bonds. The van der Waals surface area contributed by atoms with Gasteiger partial charge in [-0.1, -0.05) is 18.2 Å². The van der Waals surface area contributed by atoms with Crippen molar-refractivity contribution >= 4 is 23.5 Å². The van der Waals surface area contributed by atoms with Gasteiger partial charge < -0.3 is 10.6 Å². The minimum Gasteiger partial charge on any atom is -0.394 e. The van der Waals surface area contributed by atoms with Crippen molar-refractivity contribution in [1.82, 2.24) is 5.06 Å². The van der Waals surface area contributed by atoms with Gasteiger partial charge >= 0.3 is 5.97 Å². The summed E-state index contributed by atoms with van der Waals surface area (Å²) < 4.78 is 27.1. The van der Waals surface area contributed by atoms with Gasteiger partial charge in [0.05, 0.1) is 5.56 Å². The lowest BCUT2D eigenvalue weighted by Crippen LogP contribution is -2.32. The maximum atomic E-state index is 13.9. The highest BCUT2D eigenvalue weighted by Gasteiger charge is 2.33. The van der Waals surface area contributed by atoms with Gasteiger partial charge in [-0.15, -0.1) is 5.06 Å². The monoisotopic (exact) mass is 360 g/mol. The number of hydrogen-bond acceptors (Lipinski definition) is 5. The minimum absolute atomic E-state index is 0.0113. The van der Waals surface area contributed by atoms with E-state index in [1.54, 1.807) is 12.1 Å². The number of anilines is 1. The Morgan fingerprint density at radius 2 is 1.65 bits per heavy atom. The molecule has 3 rings (SSSR count). The Balaban J connectivity index is 1.70. The highest BCUT2D eigenvalue weighted by molar-refractivity contribution is 6.02. The lowest BCUT2D eigenvalue weighted by molar-refractivity contribution is -0.172. The van der Waals surface area contributed by atoms with Crippen LogP contribution in [0.15, 0.2) is 36.4 Å². The molecule has 134 valence electrons. The number of nitrogen functional groups attached to an aromatic ring is 1. The van der Waals surface area contributed by atoms with Crippen LogP contribution in [0.25, 0.3) is 0 Å². The van der Waals surface area contributed by atoms with E-state index in [0.717, 1.165) is 6.07 Å². The number of imide groups is 1. The molecule has 6 nitrogen and oxygen atoms in total. The molecule has 8 heteroatoms. The first-order valence-electron chi connectivity index (χ1n) is 7.76. The SMILES string of the molecule is Nc1c(F)ccc(Cc2ccc(C(=O)ON3C(=O)CCC3=O)cc2)c1F. The highest BCUT2D eigenvalue weighted by Crippen LogP contribution is 2.22. The Morgan fingerprint density at radius 3 is 2.27 bits per heavy atom. The maximum Gasteiger partial charge on any atom is 0.363 e. The summed E-state index contributed by atoms with van der Waals surface area (Å²) in [4.78, 5) is 39.7. The molecule has 0 saturated carbocycles. The zero-order valence-corrected chi connectivity index (χ0v) is 13.5. The molecular weight excluding hydrogens is 346 g/mol. The molecule has 0 aliphatic carbocycles. The van der Waals surface area contributed by atoms with Crippen LogP contribution in [0.1, 0.15) is 34.3 Å². The number of hydrogen-bond donors (Lipinski definition) is 1. The van der Waals surface area contributed by atoms with E-state index in [4.69, 9.17) is 10.6 Å². The Morgan fingerprint density at radius 1 is 1.04 bits per heavy atom. The molecule has 1 saturated heterocycles. The number of carbonyl (C=O) groups is 3. The van der Waals surface area contributed by atoms with E-state index >= 15 is 0 Å². The molecule has 26 heavy (non-hydrogen) atoms. The average molecular weight is 360 g/mol. The van der Waals surface area contributed by atoms with E-state index in [9.17, 15) is 23.2 Å². The van der Waals surface area contributed by atoms with E-state index in [2.05, 4.69) is 0 Å². The van der Waals surface area contributed by atoms with Gasteiger partial charge in [-0.3, -0.25) is 9.59 Å². The first-order chi connectivity index (χ1) is 12.4. The van der Waals surface area contributed by atoms with E-state index in [1.165, 1.54) is 18.2 Å². The Kier molecular flexibility index (Phi) is 4.66. The Hall–Kier alpha value is -3.29. The maximum absolute atomic E-state index is 13.9. The van der Waals surface area contributed by atoms with Crippen LogP contribution < -0.4 is 5.73 Å². The minimum atomic E-state index is -0.850. The third-order valence-electron chi connectivity index (χ3n) is 3.97. The van der Waals surface area contributed by atoms with Gasteiger partial charge in [0.15, 0.2) is 5.82 Å². The second-order valence-corrected chi connectivity index (χ2v) is 5.77. The first kappa shape index (κ1) is 17.5. The molecule has 0 bridgehead atoms. The normalized spacial score (nSPS) is 14.0. The number of amides is 2. The summed E-state index contributed by atoms with van der Waals surface area (Å²) in [7, 11) is 0. The predicted molar refractivity (Wildman–Crippen MR) is 86.5 cm³/mol. The molecule has 2 N–H and O–H groups in total. The Bertz CT molecular complexity index is 881. The van der Waals surface area contributed by atoms with Crippen molar-refractivity contribution < 1.29 is 28.0 Å². The molecule has 0 spiro atoms. The third-order valence-corrected chi connectivity index (χ3v) is 3.97. The zero-order valence-electron chi connectivity index (χ0n) is 13.5. The molecule has 0 unspecified atom stereocenters. The second-order valence-electron chi connectivity index (χ2n) is 5.77. The molecule has 1 aliphatic rings. The van der Waals surface area contributed by atoms with E-state index in [1.807, 2.05) is 0 Å². The van der Waals surface area contributed by atoms with Crippen LogP contribution in [0.5, 0.6) is 0 Å². The molecule has 0 atom stereocenters. The van der Waals surface area contributed by atoms with Crippen LogP contribution in [0.3, 0.4) is 0 Å². The standard InChI is InChI=1S/C18H14F2N2O4/c19-13-6-5-12(16(20)17(13)21)9-10-1-3-11(4-2-10)18(25)26-22-14(23)7-8-15(22)24/h1-6H,7-9,21H2. The van der Waals surface area contributed by atoms with Gasteiger partial charge in [-0.05, 0) is 29.3 Å². The number of halogens is 2. The topological polar surface area (TPSA) is 89.7 Å². The quantitative estimate of drug-likeness (QED) is 0.668.